The molecule has 0 aliphatic rings. The number of rotatable bonds is 4. The first-order valence-electron chi connectivity index (χ1n) is 7.60. The minimum atomic E-state index is -0.536. The van der Waals surface area contributed by atoms with Crippen LogP contribution in [0.15, 0.2) is 42.5 Å². The van der Waals surface area contributed by atoms with Gasteiger partial charge < -0.3 is 4.98 Å². The molecule has 0 fully saturated rings. The number of hydrogen-bond donors (Lipinski definition) is 1. The molecule has 0 spiro atoms. The molecule has 0 unspecified atom stereocenters. The molecule has 0 aliphatic carbocycles. The molecule has 128 valence electrons. The second-order valence-corrected chi connectivity index (χ2v) is 7.04. The van der Waals surface area contributed by atoms with E-state index >= 15 is 0 Å². The third-order valence-electron chi connectivity index (χ3n) is 4.22. The van der Waals surface area contributed by atoms with E-state index in [4.69, 9.17) is 23.2 Å². The zero-order chi connectivity index (χ0) is 18.2. The van der Waals surface area contributed by atoms with Gasteiger partial charge in [0.05, 0.1) is 21.4 Å². The van der Waals surface area contributed by atoms with Crippen molar-refractivity contribution in [2.45, 2.75) is 19.3 Å². The first-order chi connectivity index (χ1) is 11.8. The first kappa shape index (κ1) is 17.6. The van der Waals surface area contributed by atoms with Gasteiger partial charge in [0, 0.05) is 11.0 Å². The van der Waals surface area contributed by atoms with Crippen molar-refractivity contribution in [1.29, 1.82) is 0 Å². The Labute approximate surface area is 154 Å². The van der Waals surface area contributed by atoms with Crippen molar-refractivity contribution >= 4 is 29.5 Å². The molecule has 1 aromatic heterocycles. The van der Waals surface area contributed by atoms with Crippen LogP contribution in [0.4, 0.5) is 4.39 Å². The monoisotopic (exact) mass is 376 g/mol. The average Bonchev–Trinajstić information content (AvgIpc) is 3.03. The smallest absolute Gasteiger partial charge is 0.185 e. The van der Waals surface area contributed by atoms with Gasteiger partial charge in [-0.3, -0.25) is 4.79 Å². The normalized spacial score (nSPS) is 11.6. The number of nitrogens with one attached hydrogen (secondary N) is 1. The van der Waals surface area contributed by atoms with Crippen molar-refractivity contribution in [3.8, 4) is 11.3 Å². The summed E-state index contributed by atoms with van der Waals surface area (Å²) in [6.45, 7) is 3.98. The Morgan fingerprint density at radius 2 is 1.76 bits per heavy atom. The molecule has 3 aromatic rings. The molecule has 0 saturated carbocycles. The van der Waals surface area contributed by atoms with Gasteiger partial charge in [0.2, 0.25) is 0 Å². The summed E-state index contributed by atoms with van der Waals surface area (Å²) in [4.78, 5) is 18.7. The quantitative estimate of drug-likeness (QED) is 0.596. The van der Waals surface area contributed by atoms with Crippen molar-refractivity contribution in [2.75, 3.05) is 0 Å². The molecule has 3 rings (SSSR count). The molecule has 0 aliphatic heterocycles. The predicted molar refractivity (Wildman–Crippen MR) is 98.0 cm³/mol. The van der Waals surface area contributed by atoms with Crippen LogP contribution >= 0.6 is 23.2 Å². The Kier molecular flexibility index (Phi) is 4.67. The number of aldehydes is 1. The Balaban J connectivity index is 2.17. The summed E-state index contributed by atoms with van der Waals surface area (Å²) in [6, 6.07) is 11.4. The van der Waals surface area contributed by atoms with Crippen LogP contribution in [0.3, 0.4) is 0 Å². The number of H-pyrrole nitrogens is 1. The fourth-order valence-electron chi connectivity index (χ4n) is 2.75. The van der Waals surface area contributed by atoms with Gasteiger partial charge >= 0.3 is 0 Å². The lowest BCUT2D eigenvalue weighted by Gasteiger charge is -2.26. The van der Waals surface area contributed by atoms with Gasteiger partial charge in [0.1, 0.15) is 5.82 Å². The molecule has 1 N–H and O–H groups in total. The largest absolute Gasteiger partial charge is 0.338 e. The molecule has 6 heteroatoms. The highest BCUT2D eigenvalue weighted by molar-refractivity contribution is 6.42. The number of carbonyl (C=O) groups is 1. The molecule has 0 atom stereocenters. The van der Waals surface area contributed by atoms with E-state index in [9.17, 15) is 9.18 Å². The molecule has 2 aromatic carbocycles. The van der Waals surface area contributed by atoms with Gasteiger partial charge in [-0.25, -0.2) is 9.37 Å². The summed E-state index contributed by atoms with van der Waals surface area (Å²) in [6.07, 6.45) is 0.654. The summed E-state index contributed by atoms with van der Waals surface area (Å²) in [5.41, 5.74) is 2.42. The van der Waals surface area contributed by atoms with Crippen LogP contribution in [0.25, 0.3) is 11.3 Å². The number of benzene rings is 2. The lowest BCUT2D eigenvalue weighted by atomic mass is 9.80. The number of halogens is 3. The van der Waals surface area contributed by atoms with E-state index in [0.29, 0.717) is 27.6 Å². The number of hydrogen-bond acceptors (Lipinski definition) is 2. The molecule has 3 nitrogen and oxygen atoms in total. The lowest BCUT2D eigenvalue weighted by molar-refractivity contribution is 0.111. The molecular weight excluding hydrogens is 362 g/mol. The van der Waals surface area contributed by atoms with Crippen LogP contribution in [0.1, 0.15) is 35.7 Å². The Hall–Kier alpha value is -2.17. The van der Waals surface area contributed by atoms with E-state index in [1.165, 1.54) is 12.1 Å². The number of imidazole rings is 1. The van der Waals surface area contributed by atoms with E-state index in [2.05, 4.69) is 9.97 Å². The summed E-state index contributed by atoms with van der Waals surface area (Å²) < 4.78 is 13.2. The Morgan fingerprint density at radius 3 is 2.36 bits per heavy atom. The Bertz CT molecular complexity index is 933. The summed E-state index contributed by atoms with van der Waals surface area (Å²) >= 11 is 12.2. The zero-order valence-corrected chi connectivity index (χ0v) is 15.1. The maximum atomic E-state index is 13.2. The van der Waals surface area contributed by atoms with Crippen LogP contribution in [-0.2, 0) is 5.41 Å². The predicted octanol–water partition coefficient (Wildman–Crippen LogP) is 5.66. The minimum Gasteiger partial charge on any atom is -0.338 e. The van der Waals surface area contributed by atoms with E-state index < -0.39 is 5.41 Å². The van der Waals surface area contributed by atoms with Gasteiger partial charge in [-0.2, -0.15) is 0 Å². The maximum absolute atomic E-state index is 13.2. The SMILES string of the molecule is CC(C)(c1ccc(Cl)c(Cl)c1)c1[nH]c(C=O)nc1-c1ccc(F)cc1. The summed E-state index contributed by atoms with van der Waals surface area (Å²) in [5.74, 6) is -0.123. The molecule has 0 saturated heterocycles. The standard InChI is InChI=1S/C19H15Cl2FN2O/c1-19(2,12-5-8-14(20)15(21)9-12)18-17(23-16(10-25)24-18)11-3-6-13(22)7-4-11/h3-10H,1-2H3,(H,23,24). The van der Waals surface area contributed by atoms with Gasteiger partial charge in [0.25, 0.3) is 0 Å². The highest BCUT2D eigenvalue weighted by atomic mass is 35.5. The number of nitrogens with zero attached hydrogens (tertiary/aromatic N) is 1. The van der Waals surface area contributed by atoms with Crippen LogP contribution in [0.2, 0.25) is 10.0 Å². The van der Waals surface area contributed by atoms with Crippen molar-refractivity contribution in [2.24, 2.45) is 0 Å². The molecule has 1 heterocycles. The van der Waals surface area contributed by atoms with Crippen LogP contribution in [-0.4, -0.2) is 16.3 Å². The van der Waals surface area contributed by atoms with Crippen molar-refractivity contribution < 1.29 is 9.18 Å². The maximum Gasteiger partial charge on any atom is 0.185 e. The average molecular weight is 377 g/mol. The third kappa shape index (κ3) is 3.32. The van der Waals surface area contributed by atoms with Crippen LogP contribution < -0.4 is 0 Å². The fraction of sp³-hybridized carbons (Fsp3) is 0.158. The number of aromatic nitrogens is 2. The molecular formula is C19H15Cl2FN2O. The van der Waals surface area contributed by atoms with Crippen LogP contribution in [0, 0.1) is 5.82 Å². The van der Waals surface area contributed by atoms with Crippen molar-refractivity contribution in [3.63, 3.8) is 0 Å². The van der Waals surface area contributed by atoms with E-state index in [1.807, 2.05) is 19.9 Å². The van der Waals surface area contributed by atoms with Gasteiger partial charge in [-0.05, 0) is 42.0 Å². The Morgan fingerprint density at radius 1 is 1.08 bits per heavy atom. The minimum absolute atomic E-state index is 0.211. The topological polar surface area (TPSA) is 45.8 Å². The van der Waals surface area contributed by atoms with Crippen molar-refractivity contribution in [3.05, 3.63) is 75.4 Å². The summed E-state index contributed by atoms with van der Waals surface area (Å²) in [5, 5.41) is 0.920. The van der Waals surface area contributed by atoms with E-state index in [-0.39, 0.29) is 11.6 Å². The van der Waals surface area contributed by atoms with E-state index in [1.54, 1.807) is 24.3 Å². The first-order valence-corrected chi connectivity index (χ1v) is 8.35. The second-order valence-electron chi connectivity index (χ2n) is 6.22. The second kappa shape index (κ2) is 6.62. The lowest BCUT2D eigenvalue weighted by Crippen LogP contribution is -2.20. The highest BCUT2D eigenvalue weighted by Gasteiger charge is 2.30. The van der Waals surface area contributed by atoms with Crippen LogP contribution in [0.5, 0.6) is 0 Å². The highest BCUT2D eigenvalue weighted by Crippen LogP contribution is 2.38. The fourth-order valence-corrected chi connectivity index (χ4v) is 3.04. The van der Waals surface area contributed by atoms with Gasteiger partial charge in [-0.15, -0.1) is 0 Å². The number of aromatic amines is 1. The van der Waals surface area contributed by atoms with Gasteiger partial charge in [0.15, 0.2) is 12.1 Å². The third-order valence-corrected chi connectivity index (χ3v) is 4.96. The van der Waals surface area contributed by atoms with Gasteiger partial charge in [-0.1, -0.05) is 43.1 Å². The zero-order valence-electron chi connectivity index (χ0n) is 13.6. The molecule has 0 amide bonds. The molecule has 0 bridgehead atoms. The summed E-state index contributed by atoms with van der Waals surface area (Å²) in [7, 11) is 0. The molecule has 0 radical (unpaired) electrons. The van der Waals surface area contributed by atoms with E-state index in [0.717, 1.165) is 11.3 Å². The van der Waals surface area contributed by atoms with Crippen molar-refractivity contribution in [1.82, 2.24) is 9.97 Å². The molecule has 25 heavy (non-hydrogen) atoms. The number of carbonyl (C=O) groups excluding carboxylic acids is 1.